The second-order valence-corrected chi connectivity index (χ2v) is 7.48. The van der Waals surface area contributed by atoms with Gasteiger partial charge in [-0.2, -0.15) is 0 Å². The van der Waals surface area contributed by atoms with Gasteiger partial charge in [0.25, 0.3) is 5.91 Å². The SMILES string of the molecule is Cl.O=C(Nc1ccc(OC(F)(F)Cl)cc1)c1cnc(N2CC[C@@H](F)C2)c(-c2cnccn2)c1. The summed E-state index contributed by atoms with van der Waals surface area (Å²) in [6.07, 6.45) is 5.42. The summed E-state index contributed by atoms with van der Waals surface area (Å²) in [7, 11) is 0. The minimum Gasteiger partial charge on any atom is -0.420 e. The second-order valence-electron chi connectivity index (χ2n) is 7.04. The van der Waals surface area contributed by atoms with Crippen LogP contribution in [0.1, 0.15) is 16.8 Å². The van der Waals surface area contributed by atoms with Gasteiger partial charge in [0.2, 0.25) is 0 Å². The number of carbonyl (C=O) groups is 1. The van der Waals surface area contributed by atoms with E-state index in [2.05, 4.69) is 25.0 Å². The standard InChI is InChI=1S/C21H17ClF3N5O2.ClH/c22-21(24,25)32-16-3-1-15(2-4-16)29-20(31)13-9-17(18-11-26-6-7-27-18)19(28-10-13)30-8-5-14(23)12-30;/h1-4,6-7,9-11,14H,5,8,12H2,(H,29,31);1H/t14-;/m1./s1. The van der Waals surface area contributed by atoms with Gasteiger partial charge in [-0.25, -0.2) is 9.37 Å². The summed E-state index contributed by atoms with van der Waals surface area (Å²) in [6, 6.07) is 6.90. The first kappa shape index (κ1) is 24.5. The molecule has 4 rings (SSSR count). The molecule has 1 aromatic carbocycles. The number of carbonyl (C=O) groups excluding carboxylic acids is 1. The number of alkyl halides is 4. The molecule has 0 radical (unpaired) electrons. The molecule has 0 saturated carbocycles. The lowest BCUT2D eigenvalue weighted by Gasteiger charge is -2.20. The van der Waals surface area contributed by atoms with Crippen LogP contribution in [0.25, 0.3) is 11.3 Å². The first-order valence-corrected chi connectivity index (χ1v) is 9.99. The minimum absolute atomic E-state index is 0. The molecule has 1 amide bonds. The van der Waals surface area contributed by atoms with E-state index in [1.54, 1.807) is 6.07 Å². The van der Waals surface area contributed by atoms with E-state index in [4.69, 9.17) is 11.6 Å². The number of anilines is 2. The lowest BCUT2D eigenvalue weighted by molar-refractivity contribution is -0.0964. The van der Waals surface area contributed by atoms with E-state index in [-0.39, 0.29) is 30.3 Å². The molecule has 2 aromatic heterocycles. The van der Waals surface area contributed by atoms with Crippen LogP contribution in [-0.2, 0) is 0 Å². The van der Waals surface area contributed by atoms with Crippen molar-refractivity contribution in [2.45, 2.75) is 18.2 Å². The number of hydrogen-bond donors (Lipinski definition) is 1. The van der Waals surface area contributed by atoms with Crippen molar-refractivity contribution in [2.24, 2.45) is 0 Å². The smallest absolute Gasteiger partial charge is 0.420 e. The molecule has 0 aliphatic carbocycles. The average Bonchev–Trinajstić information content (AvgIpc) is 3.20. The topological polar surface area (TPSA) is 80.2 Å². The van der Waals surface area contributed by atoms with Gasteiger partial charge in [0.15, 0.2) is 0 Å². The van der Waals surface area contributed by atoms with Crippen molar-refractivity contribution in [1.82, 2.24) is 15.0 Å². The monoisotopic (exact) mass is 499 g/mol. The van der Waals surface area contributed by atoms with Gasteiger partial charge in [-0.1, -0.05) is 0 Å². The van der Waals surface area contributed by atoms with Crippen molar-refractivity contribution in [3.8, 4) is 17.0 Å². The Morgan fingerprint density at radius 3 is 2.55 bits per heavy atom. The fraction of sp³-hybridized carbons (Fsp3) is 0.238. The maximum Gasteiger partial charge on any atom is 0.487 e. The van der Waals surface area contributed by atoms with Crippen molar-refractivity contribution in [3.63, 3.8) is 0 Å². The van der Waals surface area contributed by atoms with Gasteiger partial charge in [-0.15, -0.1) is 21.2 Å². The number of aromatic nitrogens is 3. The normalized spacial score (nSPS) is 15.6. The highest BCUT2D eigenvalue weighted by Gasteiger charge is 2.28. The largest absolute Gasteiger partial charge is 0.487 e. The fourth-order valence-electron chi connectivity index (χ4n) is 3.31. The molecule has 1 fully saturated rings. The Morgan fingerprint density at radius 2 is 1.94 bits per heavy atom. The van der Waals surface area contributed by atoms with E-state index in [1.807, 2.05) is 4.90 Å². The molecule has 1 aliphatic heterocycles. The zero-order chi connectivity index (χ0) is 22.7. The van der Waals surface area contributed by atoms with Crippen LogP contribution in [0.3, 0.4) is 0 Å². The van der Waals surface area contributed by atoms with Gasteiger partial charge in [0.1, 0.15) is 17.7 Å². The Labute approximate surface area is 198 Å². The molecule has 1 atom stereocenters. The molecule has 1 N–H and O–H groups in total. The van der Waals surface area contributed by atoms with Crippen LogP contribution in [0, 0.1) is 0 Å². The number of nitrogens with one attached hydrogen (secondary N) is 1. The molecular formula is C21H18Cl2F3N5O2. The third-order valence-electron chi connectivity index (χ3n) is 4.74. The molecule has 1 aliphatic rings. The van der Waals surface area contributed by atoms with E-state index in [9.17, 15) is 18.0 Å². The van der Waals surface area contributed by atoms with Crippen molar-refractivity contribution in [2.75, 3.05) is 23.3 Å². The van der Waals surface area contributed by atoms with Gasteiger partial charge in [0.05, 0.1) is 24.0 Å². The van der Waals surface area contributed by atoms with Gasteiger partial charge in [-0.3, -0.25) is 14.8 Å². The highest BCUT2D eigenvalue weighted by Crippen LogP contribution is 2.31. The van der Waals surface area contributed by atoms with Crippen molar-refractivity contribution in [1.29, 1.82) is 0 Å². The summed E-state index contributed by atoms with van der Waals surface area (Å²) in [5.74, 6) is -0.114. The Hall–Kier alpha value is -3.11. The van der Waals surface area contributed by atoms with Crippen LogP contribution < -0.4 is 15.0 Å². The molecular weight excluding hydrogens is 482 g/mol. The Kier molecular flexibility index (Phi) is 7.60. The van der Waals surface area contributed by atoms with Gasteiger partial charge in [0, 0.05) is 48.0 Å². The van der Waals surface area contributed by atoms with E-state index in [1.165, 1.54) is 49.1 Å². The number of rotatable bonds is 6. The molecule has 33 heavy (non-hydrogen) atoms. The first-order valence-electron chi connectivity index (χ1n) is 9.61. The number of hydrogen-bond acceptors (Lipinski definition) is 6. The molecule has 3 aromatic rings. The van der Waals surface area contributed by atoms with E-state index in [0.29, 0.717) is 35.7 Å². The number of halogens is 5. The molecule has 174 valence electrons. The summed E-state index contributed by atoms with van der Waals surface area (Å²) in [4.78, 5) is 27.3. The van der Waals surface area contributed by atoms with Crippen LogP contribution in [0.4, 0.5) is 24.7 Å². The number of benzene rings is 1. The summed E-state index contributed by atoms with van der Waals surface area (Å²) in [6.45, 7) is 0.713. The third-order valence-corrected chi connectivity index (χ3v) is 4.82. The Balaban J connectivity index is 0.00000306. The number of ether oxygens (including phenoxy) is 1. The van der Waals surface area contributed by atoms with Gasteiger partial charge >= 0.3 is 5.57 Å². The van der Waals surface area contributed by atoms with Gasteiger partial charge in [-0.05, 0) is 36.8 Å². The highest BCUT2D eigenvalue weighted by molar-refractivity contribution is 6.20. The Morgan fingerprint density at radius 1 is 1.18 bits per heavy atom. The van der Waals surface area contributed by atoms with Crippen molar-refractivity contribution in [3.05, 3.63) is 60.7 Å². The van der Waals surface area contributed by atoms with Crippen LogP contribution in [0.5, 0.6) is 5.75 Å². The van der Waals surface area contributed by atoms with Crippen LogP contribution >= 0.6 is 24.0 Å². The maximum absolute atomic E-state index is 13.7. The predicted molar refractivity (Wildman–Crippen MR) is 120 cm³/mol. The van der Waals surface area contributed by atoms with Crippen LogP contribution in [-0.4, -0.2) is 45.7 Å². The summed E-state index contributed by atoms with van der Waals surface area (Å²) >= 11 is 4.74. The number of nitrogens with zero attached hydrogens (tertiary/aromatic N) is 4. The molecule has 0 spiro atoms. The molecule has 0 bridgehead atoms. The highest BCUT2D eigenvalue weighted by atomic mass is 35.5. The summed E-state index contributed by atoms with van der Waals surface area (Å²) in [5.41, 5.74) is -2.20. The van der Waals surface area contributed by atoms with Crippen molar-refractivity contribution >= 4 is 41.4 Å². The molecule has 1 saturated heterocycles. The van der Waals surface area contributed by atoms with Crippen LogP contribution in [0.15, 0.2) is 55.1 Å². The lowest BCUT2D eigenvalue weighted by Crippen LogP contribution is -2.23. The maximum atomic E-state index is 13.7. The first-order chi connectivity index (χ1) is 15.3. The zero-order valence-corrected chi connectivity index (χ0v) is 18.5. The summed E-state index contributed by atoms with van der Waals surface area (Å²) in [5, 5.41) is 2.66. The Bertz CT molecular complexity index is 1100. The minimum atomic E-state index is -3.83. The van der Waals surface area contributed by atoms with E-state index < -0.39 is 17.6 Å². The number of amides is 1. The fourth-order valence-corrected chi connectivity index (χ4v) is 3.40. The zero-order valence-electron chi connectivity index (χ0n) is 16.9. The second kappa shape index (κ2) is 10.2. The lowest BCUT2D eigenvalue weighted by atomic mass is 10.1. The summed E-state index contributed by atoms with van der Waals surface area (Å²) < 4.78 is 43.4. The molecule has 12 heteroatoms. The predicted octanol–water partition coefficient (Wildman–Crippen LogP) is 4.93. The quantitative estimate of drug-likeness (QED) is 0.484. The van der Waals surface area contributed by atoms with Crippen LogP contribution in [0.2, 0.25) is 0 Å². The average molecular weight is 500 g/mol. The molecule has 7 nitrogen and oxygen atoms in total. The third kappa shape index (κ3) is 6.23. The van der Waals surface area contributed by atoms with Gasteiger partial charge < -0.3 is 15.0 Å². The number of pyridine rings is 1. The van der Waals surface area contributed by atoms with Crippen molar-refractivity contribution < 1.29 is 22.7 Å². The van der Waals surface area contributed by atoms with E-state index in [0.717, 1.165) is 0 Å². The molecule has 3 heterocycles. The molecule has 0 unspecified atom stereocenters. The van der Waals surface area contributed by atoms with E-state index >= 15 is 0 Å².